The third-order valence-electron chi connectivity index (χ3n) is 7.32. The number of anilines is 2. The van der Waals surface area contributed by atoms with Crippen LogP contribution in [0, 0.1) is 11.8 Å². The number of carbonyl (C=O) groups excluding carboxylic acids is 2. The summed E-state index contributed by atoms with van der Waals surface area (Å²) in [6, 6.07) is 22.2. The Morgan fingerprint density at radius 2 is 1.67 bits per heavy atom. The van der Waals surface area contributed by atoms with Crippen LogP contribution in [0.15, 0.2) is 85.2 Å². The van der Waals surface area contributed by atoms with Gasteiger partial charge < -0.3 is 20.5 Å². The number of likely N-dealkylation sites (tertiary alicyclic amines) is 1. The molecular weight excluding hydrogens is 492 g/mol. The lowest BCUT2D eigenvalue weighted by molar-refractivity contribution is 0.0764. The molecule has 3 N–H and O–H groups in total. The van der Waals surface area contributed by atoms with Gasteiger partial charge in [0.1, 0.15) is 23.0 Å². The average molecular weight is 517 g/mol. The summed E-state index contributed by atoms with van der Waals surface area (Å²) in [6.07, 6.45) is 3.28. The topological polar surface area (TPSA) is 129 Å². The number of imidazole rings is 1. The summed E-state index contributed by atoms with van der Waals surface area (Å²) in [6.45, 7) is 1.18. The Hall–Kier alpha value is -5.12. The van der Waals surface area contributed by atoms with Crippen LogP contribution < -0.4 is 10.6 Å². The number of piperidine rings is 1. The Labute approximate surface area is 223 Å². The number of benzene rings is 1. The van der Waals surface area contributed by atoms with Crippen LogP contribution in [-0.4, -0.2) is 60.8 Å². The fourth-order valence-electron chi connectivity index (χ4n) is 5.27. The molecule has 5 aromatic rings. The van der Waals surface area contributed by atoms with Crippen molar-refractivity contribution in [1.29, 1.82) is 0 Å². The van der Waals surface area contributed by atoms with Crippen molar-refractivity contribution in [3.05, 3.63) is 96.4 Å². The van der Waals surface area contributed by atoms with Crippen LogP contribution in [0.1, 0.15) is 20.8 Å². The monoisotopic (exact) mass is 516 g/mol. The quantitative estimate of drug-likeness (QED) is 0.314. The largest absolute Gasteiger partial charge is 0.349 e. The van der Waals surface area contributed by atoms with Crippen molar-refractivity contribution < 1.29 is 9.59 Å². The molecule has 10 nitrogen and oxygen atoms in total. The predicted octanol–water partition coefficient (Wildman–Crippen LogP) is 3.66. The Morgan fingerprint density at radius 1 is 0.846 bits per heavy atom. The molecule has 0 spiro atoms. The predicted molar refractivity (Wildman–Crippen MR) is 145 cm³/mol. The second kappa shape index (κ2) is 9.32. The number of H-pyrrole nitrogens is 1. The molecule has 2 amide bonds. The van der Waals surface area contributed by atoms with Gasteiger partial charge in [0.25, 0.3) is 11.8 Å². The van der Waals surface area contributed by atoms with Crippen molar-refractivity contribution in [2.75, 3.05) is 18.4 Å². The van der Waals surface area contributed by atoms with Crippen molar-refractivity contribution in [2.24, 2.45) is 11.8 Å². The van der Waals surface area contributed by atoms with Crippen LogP contribution in [0.4, 0.5) is 11.6 Å². The summed E-state index contributed by atoms with van der Waals surface area (Å²) in [7, 11) is 0. The van der Waals surface area contributed by atoms with E-state index < -0.39 is 0 Å². The number of fused-ring (bicyclic) bond motifs is 2. The van der Waals surface area contributed by atoms with Crippen LogP contribution >= 0.6 is 0 Å². The molecule has 39 heavy (non-hydrogen) atoms. The summed E-state index contributed by atoms with van der Waals surface area (Å²) in [5, 5.41) is 6.23. The molecule has 5 heterocycles. The van der Waals surface area contributed by atoms with E-state index in [4.69, 9.17) is 0 Å². The maximum absolute atomic E-state index is 13.2. The molecule has 10 heteroatoms. The number of nitrogens with one attached hydrogen (secondary N) is 3. The van der Waals surface area contributed by atoms with Crippen LogP contribution in [0.3, 0.4) is 0 Å². The van der Waals surface area contributed by atoms with Gasteiger partial charge in [0.05, 0.1) is 11.0 Å². The third-order valence-corrected chi connectivity index (χ3v) is 7.32. The van der Waals surface area contributed by atoms with Gasteiger partial charge in [-0.05, 0) is 48.5 Å². The summed E-state index contributed by atoms with van der Waals surface area (Å²) < 4.78 is 0. The zero-order valence-electron chi connectivity index (χ0n) is 20.8. The molecule has 1 aromatic carbocycles. The Kier molecular flexibility index (Phi) is 5.50. The van der Waals surface area contributed by atoms with Crippen molar-refractivity contribution >= 4 is 34.5 Å². The minimum Gasteiger partial charge on any atom is -0.349 e. The zero-order chi connectivity index (χ0) is 26.3. The number of aromatic amines is 1. The first-order valence-electron chi connectivity index (χ1n) is 12.8. The minimum absolute atomic E-state index is 0.0526. The van der Waals surface area contributed by atoms with E-state index in [1.165, 1.54) is 0 Å². The highest BCUT2D eigenvalue weighted by Gasteiger charge is 2.57. The highest BCUT2D eigenvalue weighted by atomic mass is 16.2. The van der Waals surface area contributed by atoms with Crippen LogP contribution in [-0.2, 0) is 0 Å². The molecule has 2 fully saturated rings. The molecule has 1 saturated heterocycles. The number of hydrogen-bond donors (Lipinski definition) is 3. The first kappa shape index (κ1) is 23.0. The molecule has 1 aliphatic heterocycles. The smallest absolute Gasteiger partial charge is 0.272 e. The number of nitrogens with zero attached hydrogens (tertiary/aromatic N) is 5. The van der Waals surface area contributed by atoms with E-state index in [0.717, 1.165) is 11.0 Å². The van der Waals surface area contributed by atoms with Crippen LogP contribution in [0.25, 0.3) is 22.6 Å². The van der Waals surface area contributed by atoms with Gasteiger partial charge in [-0.1, -0.05) is 24.3 Å². The second-order valence-electron chi connectivity index (χ2n) is 9.82. The maximum Gasteiger partial charge on any atom is 0.272 e. The van der Waals surface area contributed by atoms with Crippen molar-refractivity contribution in [3.63, 3.8) is 0 Å². The van der Waals surface area contributed by atoms with E-state index >= 15 is 0 Å². The van der Waals surface area contributed by atoms with E-state index in [9.17, 15) is 9.59 Å². The van der Waals surface area contributed by atoms with Gasteiger partial charge in [-0.3, -0.25) is 9.59 Å². The number of hydrogen-bond acceptors (Lipinski definition) is 7. The Morgan fingerprint density at radius 3 is 2.49 bits per heavy atom. The van der Waals surface area contributed by atoms with Crippen molar-refractivity contribution in [3.8, 4) is 11.5 Å². The molecule has 2 atom stereocenters. The van der Waals surface area contributed by atoms with E-state index in [1.807, 2.05) is 59.5 Å². The first-order valence-corrected chi connectivity index (χ1v) is 12.8. The number of carbonyl (C=O) groups is 2. The zero-order valence-corrected chi connectivity index (χ0v) is 20.8. The second-order valence-corrected chi connectivity index (χ2v) is 9.82. The molecule has 2 aliphatic rings. The lowest BCUT2D eigenvalue weighted by Crippen LogP contribution is -2.37. The SMILES string of the molecule is O=C(NC1C2CN(C(=O)c3cccc(-c4nc5ccccc5[nH]4)n3)CC21)c1ccnc(Nc2ccccn2)c1. The van der Waals surface area contributed by atoms with Crippen LogP contribution in [0.5, 0.6) is 0 Å². The van der Waals surface area contributed by atoms with E-state index in [-0.39, 0.29) is 29.7 Å². The Balaban J connectivity index is 0.975. The third kappa shape index (κ3) is 4.46. The molecule has 1 saturated carbocycles. The molecule has 2 unspecified atom stereocenters. The highest BCUT2D eigenvalue weighted by Crippen LogP contribution is 2.46. The number of pyridine rings is 3. The van der Waals surface area contributed by atoms with Gasteiger partial charge in [0.2, 0.25) is 0 Å². The fourth-order valence-corrected chi connectivity index (χ4v) is 5.27. The normalized spacial score (nSPS) is 19.5. The lowest BCUT2D eigenvalue weighted by atomic mass is 10.2. The van der Waals surface area contributed by atoms with Gasteiger partial charge in [0.15, 0.2) is 5.82 Å². The summed E-state index contributed by atoms with van der Waals surface area (Å²) in [4.78, 5) is 48.9. The average Bonchev–Trinajstić information content (AvgIpc) is 3.31. The van der Waals surface area contributed by atoms with Gasteiger partial charge in [0, 0.05) is 48.9 Å². The van der Waals surface area contributed by atoms with Gasteiger partial charge >= 0.3 is 0 Å². The number of para-hydroxylation sites is 2. The van der Waals surface area contributed by atoms with E-state index in [2.05, 4.69) is 35.6 Å². The number of aromatic nitrogens is 5. The highest BCUT2D eigenvalue weighted by molar-refractivity contribution is 5.96. The fraction of sp³-hybridized carbons (Fsp3) is 0.172. The van der Waals surface area contributed by atoms with Crippen LogP contribution in [0.2, 0.25) is 0 Å². The number of amides is 2. The van der Waals surface area contributed by atoms with E-state index in [1.54, 1.807) is 30.6 Å². The molecule has 1 aliphatic carbocycles. The Bertz CT molecular complexity index is 1660. The minimum atomic E-state index is -0.154. The molecule has 0 bridgehead atoms. The summed E-state index contributed by atoms with van der Waals surface area (Å²) in [5.74, 6) is 2.05. The molecular formula is C29H24N8O2. The van der Waals surface area contributed by atoms with Gasteiger partial charge in [-0.15, -0.1) is 0 Å². The molecule has 7 rings (SSSR count). The van der Waals surface area contributed by atoms with Crippen molar-refractivity contribution in [2.45, 2.75) is 6.04 Å². The lowest BCUT2D eigenvalue weighted by Gasteiger charge is -2.20. The maximum atomic E-state index is 13.2. The molecule has 4 aromatic heterocycles. The standard InChI is InChI=1S/C29H24N8O2/c38-28(17-11-13-31-25(14-17)35-24-10-3-4-12-30-24)36-26-18-15-37(16-19(18)26)29(39)23-9-5-8-22(32-23)27-33-20-6-1-2-7-21(20)34-27/h1-14,18-19,26H,15-16H2,(H,33,34)(H,36,38)(H,30,31,35). The molecule has 192 valence electrons. The van der Waals surface area contributed by atoms with Gasteiger partial charge in [-0.2, -0.15) is 0 Å². The van der Waals surface area contributed by atoms with Gasteiger partial charge in [-0.25, -0.2) is 19.9 Å². The summed E-state index contributed by atoms with van der Waals surface area (Å²) >= 11 is 0. The first-order chi connectivity index (χ1) is 19.1. The van der Waals surface area contributed by atoms with E-state index in [0.29, 0.717) is 47.5 Å². The summed E-state index contributed by atoms with van der Waals surface area (Å²) in [5.41, 5.74) is 3.31. The number of rotatable bonds is 6. The van der Waals surface area contributed by atoms with Crippen molar-refractivity contribution in [1.82, 2.24) is 35.1 Å². The molecule has 0 radical (unpaired) electrons.